The van der Waals surface area contributed by atoms with Gasteiger partial charge in [-0.05, 0) is 74.3 Å². The summed E-state index contributed by atoms with van der Waals surface area (Å²) in [6.45, 7) is 6.41. The maximum Gasteiger partial charge on any atom is 0.314 e. The van der Waals surface area contributed by atoms with Gasteiger partial charge in [0.05, 0.1) is 5.41 Å². The van der Waals surface area contributed by atoms with E-state index < -0.39 is 17.0 Å². The van der Waals surface area contributed by atoms with Gasteiger partial charge in [-0.3, -0.25) is 9.59 Å². The number of carboxylic acids is 1. The molecule has 206 valence electrons. The molecule has 1 aliphatic rings. The Morgan fingerprint density at radius 3 is 1.77 bits per heavy atom. The molecule has 4 rings (SSSR count). The van der Waals surface area contributed by atoms with E-state index in [4.69, 9.17) is 0 Å². The third-order valence-corrected chi connectivity index (χ3v) is 8.86. The number of rotatable bonds is 12. The second-order valence-electron chi connectivity index (χ2n) is 10.8. The zero-order valence-electron chi connectivity index (χ0n) is 23.2. The second kappa shape index (κ2) is 12.7. The Morgan fingerprint density at radius 1 is 0.795 bits per heavy atom. The fourth-order valence-corrected chi connectivity index (χ4v) is 6.26. The third kappa shape index (κ3) is 6.00. The van der Waals surface area contributed by atoms with Crippen LogP contribution in [0.3, 0.4) is 0 Å². The standard InChI is InChI=1S/C34H41NO4/c1-3-33(4-2,32(37)38)27-19-17-26(18-20-27)31(36)16-11-23-35-24-21-30(22-25-35)34(39,28-12-7-5-8-13-28)29-14-9-6-10-15-29/h5-10,12-15,17-20,30,39H,3-4,11,16,21-25H2,1-2H3,(H,37,38). The van der Waals surface area contributed by atoms with Crippen LogP contribution in [0, 0.1) is 5.92 Å². The first-order chi connectivity index (χ1) is 18.8. The van der Waals surface area contributed by atoms with Crippen molar-refractivity contribution in [2.45, 2.75) is 63.4 Å². The molecule has 3 aromatic carbocycles. The van der Waals surface area contributed by atoms with Crippen LogP contribution in [0.5, 0.6) is 0 Å². The Morgan fingerprint density at radius 2 is 1.31 bits per heavy atom. The summed E-state index contributed by atoms with van der Waals surface area (Å²) in [6, 6.07) is 27.1. The first-order valence-corrected chi connectivity index (χ1v) is 14.3. The maximum absolute atomic E-state index is 12.8. The molecule has 1 saturated heterocycles. The number of aliphatic carboxylic acids is 1. The van der Waals surface area contributed by atoms with Crippen LogP contribution in [0.2, 0.25) is 0 Å². The van der Waals surface area contributed by atoms with E-state index in [1.807, 2.05) is 74.5 Å². The summed E-state index contributed by atoms with van der Waals surface area (Å²) in [5, 5.41) is 21.9. The Kier molecular flexibility index (Phi) is 9.36. The summed E-state index contributed by atoms with van der Waals surface area (Å²) in [7, 11) is 0. The number of ketones is 1. The average Bonchev–Trinajstić information content (AvgIpc) is 2.99. The van der Waals surface area contributed by atoms with Crippen molar-refractivity contribution >= 4 is 11.8 Å². The Hall–Kier alpha value is -3.28. The van der Waals surface area contributed by atoms with Crippen molar-refractivity contribution in [1.29, 1.82) is 0 Å². The van der Waals surface area contributed by atoms with Crippen LogP contribution in [0.4, 0.5) is 0 Å². The Balaban J connectivity index is 1.32. The lowest BCUT2D eigenvalue weighted by Crippen LogP contribution is -2.44. The van der Waals surface area contributed by atoms with Crippen LogP contribution in [0.25, 0.3) is 0 Å². The molecular weight excluding hydrogens is 486 g/mol. The first kappa shape index (κ1) is 28.7. The molecule has 0 saturated carbocycles. The highest BCUT2D eigenvalue weighted by Gasteiger charge is 2.41. The molecule has 0 bridgehead atoms. The van der Waals surface area contributed by atoms with E-state index in [1.165, 1.54) is 0 Å². The predicted molar refractivity (Wildman–Crippen MR) is 155 cm³/mol. The number of hydrogen-bond acceptors (Lipinski definition) is 4. The zero-order chi connectivity index (χ0) is 27.9. The van der Waals surface area contributed by atoms with Crippen molar-refractivity contribution in [3.63, 3.8) is 0 Å². The molecule has 0 atom stereocenters. The lowest BCUT2D eigenvalue weighted by atomic mass is 9.72. The smallest absolute Gasteiger partial charge is 0.314 e. The topological polar surface area (TPSA) is 77.8 Å². The number of piperidine rings is 1. The van der Waals surface area contributed by atoms with Crippen LogP contribution in [-0.4, -0.2) is 46.5 Å². The molecule has 5 heteroatoms. The van der Waals surface area contributed by atoms with Gasteiger partial charge < -0.3 is 15.1 Å². The number of hydrogen-bond donors (Lipinski definition) is 2. The van der Waals surface area contributed by atoms with E-state index in [-0.39, 0.29) is 11.7 Å². The van der Waals surface area contributed by atoms with Crippen molar-refractivity contribution in [1.82, 2.24) is 4.90 Å². The number of Topliss-reactive ketones (excluding diaryl/α,β-unsaturated/α-hetero) is 1. The van der Waals surface area contributed by atoms with E-state index in [1.54, 1.807) is 24.3 Å². The molecule has 1 fully saturated rings. The fourth-order valence-electron chi connectivity index (χ4n) is 6.26. The number of aliphatic hydroxyl groups is 1. The van der Waals surface area contributed by atoms with E-state index >= 15 is 0 Å². The minimum Gasteiger partial charge on any atom is -0.481 e. The van der Waals surface area contributed by atoms with Gasteiger partial charge in [-0.15, -0.1) is 0 Å². The van der Waals surface area contributed by atoms with Gasteiger partial charge in [-0.25, -0.2) is 0 Å². The van der Waals surface area contributed by atoms with Gasteiger partial charge in [0.25, 0.3) is 0 Å². The van der Waals surface area contributed by atoms with Crippen molar-refractivity contribution < 1.29 is 19.8 Å². The summed E-state index contributed by atoms with van der Waals surface area (Å²) < 4.78 is 0. The molecule has 0 spiro atoms. The fraction of sp³-hybridized carbons (Fsp3) is 0.412. The lowest BCUT2D eigenvalue weighted by Gasteiger charge is -2.42. The molecule has 3 aromatic rings. The van der Waals surface area contributed by atoms with Gasteiger partial charge in [0, 0.05) is 12.0 Å². The molecule has 0 aliphatic carbocycles. The molecule has 0 radical (unpaired) electrons. The minimum atomic E-state index is -1.02. The quantitative estimate of drug-likeness (QED) is 0.265. The highest BCUT2D eigenvalue weighted by molar-refractivity contribution is 5.96. The first-order valence-electron chi connectivity index (χ1n) is 14.3. The third-order valence-electron chi connectivity index (χ3n) is 8.86. The zero-order valence-corrected chi connectivity index (χ0v) is 23.2. The second-order valence-corrected chi connectivity index (χ2v) is 10.8. The van der Waals surface area contributed by atoms with Gasteiger partial charge >= 0.3 is 5.97 Å². The van der Waals surface area contributed by atoms with E-state index in [9.17, 15) is 19.8 Å². The molecule has 39 heavy (non-hydrogen) atoms. The maximum atomic E-state index is 12.8. The van der Waals surface area contributed by atoms with E-state index in [0.717, 1.165) is 55.6 Å². The Bertz CT molecular complexity index is 1170. The molecule has 1 aliphatic heterocycles. The molecule has 0 amide bonds. The van der Waals surface area contributed by atoms with Gasteiger partial charge in [0.2, 0.25) is 0 Å². The number of carboxylic acid groups (broad SMARTS) is 1. The molecular formula is C34H41NO4. The molecule has 2 N–H and O–H groups in total. The number of nitrogens with zero attached hydrogens (tertiary/aromatic N) is 1. The summed E-state index contributed by atoms with van der Waals surface area (Å²) in [5.41, 5.74) is 1.34. The van der Waals surface area contributed by atoms with Crippen LogP contribution in [0.15, 0.2) is 84.9 Å². The SMILES string of the molecule is CCC(CC)(C(=O)O)c1ccc(C(=O)CCCN2CCC(C(O)(c3ccccc3)c3ccccc3)CC2)cc1. The summed E-state index contributed by atoms with van der Waals surface area (Å²) in [5.74, 6) is -0.614. The predicted octanol–water partition coefficient (Wildman–Crippen LogP) is 6.44. The highest BCUT2D eigenvalue weighted by Crippen LogP contribution is 2.42. The molecule has 1 heterocycles. The summed E-state index contributed by atoms with van der Waals surface area (Å²) >= 11 is 0. The van der Waals surface area contributed by atoms with Crippen molar-refractivity contribution in [3.05, 3.63) is 107 Å². The summed E-state index contributed by atoms with van der Waals surface area (Å²) in [4.78, 5) is 27.2. The molecule has 0 aromatic heterocycles. The largest absolute Gasteiger partial charge is 0.481 e. The van der Waals surface area contributed by atoms with Crippen LogP contribution >= 0.6 is 0 Å². The number of carbonyl (C=O) groups is 2. The van der Waals surface area contributed by atoms with Gasteiger partial charge in [0.15, 0.2) is 5.78 Å². The van der Waals surface area contributed by atoms with E-state index in [0.29, 0.717) is 24.8 Å². The van der Waals surface area contributed by atoms with E-state index in [2.05, 4.69) is 4.90 Å². The lowest BCUT2D eigenvalue weighted by molar-refractivity contribution is -0.144. The van der Waals surface area contributed by atoms with Crippen LogP contribution in [-0.2, 0) is 15.8 Å². The monoisotopic (exact) mass is 527 g/mol. The van der Waals surface area contributed by atoms with Crippen molar-refractivity contribution in [3.8, 4) is 0 Å². The van der Waals surface area contributed by atoms with Gasteiger partial charge in [-0.2, -0.15) is 0 Å². The van der Waals surface area contributed by atoms with Crippen LogP contribution < -0.4 is 0 Å². The Labute approximate surface area is 232 Å². The normalized spacial score (nSPS) is 15.3. The average molecular weight is 528 g/mol. The number of benzene rings is 3. The van der Waals surface area contributed by atoms with Crippen molar-refractivity contribution in [2.24, 2.45) is 5.92 Å². The number of likely N-dealkylation sites (tertiary alicyclic amines) is 1. The molecule has 5 nitrogen and oxygen atoms in total. The van der Waals surface area contributed by atoms with Crippen LogP contribution in [0.1, 0.15) is 79.4 Å². The highest BCUT2D eigenvalue weighted by atomic mass is 16.4. The number of carbonyl (C=O) groups excluding carboxylic acids is 1. The van der Waals surface area contributed by atoms with Gasteiger partial charge in [0.1, 0.15) is 5.60 Å². The molecule has 0 unspecified atom stereocenters. The minimum absolute atomic E-state index is 0.0906. The summed E-state index contributed by atoms with van der Waals surface area (Å²) in [6.07, 6.45) is 4.03. The van der Waals surface area contributed by atoms with Gasteiger partial charge in [-0.1, -0.05) is 98.8 Å². The van der Waals surface area contributed by atoms with Crippen molar-refractivity contribution in [2.75, 3.05) is 19.6 Å².